The molecule has 0 aliphatic heterocycles. The van der Waals surface area contributed by atoms with Gasteiger partial charge in [0.15, 0.2) is 0 Å². The lowest BCUT2D eigenvalue weighted by molar-refractivity contribution is -0.114. The molecule has 3 rings (SSSR count). The Labute approximate surface area is 161 Å². The normalized spacial score (nSPS) is 9.86. The minimum atomic E-state index is -0.450. The molecule has 0 spiro atoms. The highest BCUT2D eigenvalue weighted by molar-refractivity contribution is 6.03. The third kappa shape index (κ3) is 4.68. The second-order valence-electron chi connectivity index (χ2n) is 5.76. The van der Waals surface area contributed by atoms with Gasteiger partial charge in [-0.1, -0.05) is 12.1 Å². The lowest BCUT2D eigenvalue weighted by atomic mass is 10.2. The van der Waals surface area contributed by atoms with Crippen molar-refractivity contribution in [1.29, 1.82) is 5.26 Å². The van der Waals surface area contributed by atoms with Crippen LogP contribution in [0.2, 0.25) is 0 Å². The van der Waals surface area contributed by atoms with Crippen molar-refractivity contribution in [3.63, 3.8) is 0 Å². The van der Waals surface area contributed by atoms with Crippen LogP contribution in [0.1, 0.15) is 23.0 Å². The molecule has 0 unspecified atom stereocenters. The van der Waals surface area contributed by atoms with Crippen molar-refractivity contribution in [1.82, 2.24) is 9.97 Å². The van der Waals surface area contributed by atoms with Crippen LogP contribution in [0.4, 0.5) is 23.0 Å². The number of hydrogen-bond acceptors (Lipinski definition) is 6. The van der Waals surface area contributed by atoms with Gasteiger partial charge in [-0.2, -0.15) is 5.26 Å². The number of carbonyl (C=O) groups excluding carboxylic acids is 2. The van der Waals surface area contributed by atoms with Crippen LogP contribution >= 0.6 is 0 Å². The Morgan fingerprint density at radius 3 is 2.39 bits per heavy atom. The number of para-hydroxylation sites is 1. The van der Waals surface area contributed by atoms with E-state index in [1.54, 1.807) is 48.5 Å². The first kappa shape index (κ1) is 18.5. The molecule has 0 saturated heterocycles. The molecule has 138 valence electrons. The van der Waals surface area contributed by atoms with Crippen LogP contribution in [0, 0.1) is 11.3 Å². The first-order valence-electron chi connectivity index (χ1n) is 8.33. The number of benzene rings is 2. The lowest BCUT2D eigenvalue weighted by Crippen LogP contribution is -2.15. The molecular weight excluding hydrogens is 356 g/mol. The van der Waals surface area contributed by atoms with Gasteiger partial charge in [-0.25, -0.2) is 9.97 Å². The van der Waals surface area contributed by atoms with E-state index in [9.17, 15) is 9.59 Å². The average molecular weight is 372 g/mol. The summed E-state index contributed by atoms with van der Waals surface area (Å²) >= 11 is 0. The van der Waals surface area contributed by atoms with Crippen LogP contribution in [-0.4, -0.2) is 21.8 Å². The second-order valence-corrected chi connectivity index (χ2v) is 5.76. The Hall–Kier alpha value is -4.25. The Balaban J connectivity index is 1.72. The fourth-order valence-corrected chi connectivity index (χ4v) is 2.39. The number of nitriles is 1. The van der Waals surface area contributed by atoms with Gasteiger partial charge < -0.3 is 16.0 Å². The molecule has 0 radical (unpaired) electrons. The van der Waals surface area contributed by atoms with Crippen molar-refractivity contribution in [2.24, 2.45) is 0 Å². The van der Waals surface area contributed by atoms with Crippen LogP contribution in [0.15, 0.2) is 60.8 Å². The van der Waals surface area contributed by atoms with Gasteiger partial charge in [-0.15, -0.1) is 0 Å². The Morgan fingerprint density at radius 1 is 0.964 bits per heavy atom. The monoisotopic (exact) mass is 372 g/mol. The summed E-state index contributed by atoms with van der Waals surface area (Å²) < 4.78 is 0. The number of aromatic nitrogens is 2. The standard InChI is InChI=1S/C20H16N6O2/c1-13(27)23-15-6-8-16(9-7-15)24-20-22-11-10-18(26-20)19(28)25-17-5-3-2-4-14(17)12-21/h2-11H,1H3,(H,23,27)(H,25,28)(H,22,24,26). The van der Waals surface area contributed by atoms with Gasteiger partial charge in [0.1, 0.15) is 11.8 Å². The first-order chi connectivity index (χ1) is 13.5. The molecule has 3 aromatic rings. The molecular formula is C20H16N6O2. The summed E-state index contributed by atoms with van der Waals surface area (Å²) in [7, 11) is 0. The second kappa shape index (κ2) is 8.42. The number of amides is 2. The van der Waals surface area contributed by atoms with Crippen molar-refractivity contribution in [2.75, 3.05) is 16.0 Å². The topological polar surface area (TPSA) is 120 Å². The van der Waals surface area contributed by atoms with E-state index in [1.165, 1.54) is 19.2 Å². The summed E-state index contributed by atoms with van der Waals surface area (Å²) in [5.41, 5.74) is 2.30. The van der Waals surface area contributed by atoms with Gasteiger partial charge in [0.2, 0.25) is 11.9 Å². The highest BCUT2D eigenvalue weighted by Gasteiger charge is 2.11. The van der Waals surface area contributed by atoms with E-state index in [1.807, 2.05) is 6.07 Å². The largest absolute Gasteiger partial charge is 0.326 e. The highest BCUT2D eigenvalue weighted by Crippen LogP contribution is 2.18. The van der Waals surface area contributed by atoms with Crippen LogP contribution < -0.4 is 16.0 Å². The van der Waals surface area contributed by atoms with E-state index in [-0.39, 0.29) is 17.5 Å². The molecule has 3 N–H and O–H groups in total. The Bertz CT molecular complexity index is 1060. The molecule has 8 nitrogen and oxygen atoms in total. The maximum absolute atomic E-state index is 12.5. The van der Waals surface area contributed by atoms with Crippen LogP contribution in [-0.2, 0) is 4.79 Å². The van der Waals surface area contributed by atoms with Gasteiger partial charge in [0, 0.05) is 24.5 Å². The molecule has 2 aromatic carbocycles. The smallest absolute Gasteiger partial charge is 0.274 e. The molecule has 0 fully saturated rings. The van der Waals surface area contributed by atoms with Gasteiger partial charge in [-0.05, 0) is 42.5 Å². The number of hydrogen-bond donors (Lipinski definition) is 3. The zero-order chi connectivity index (χ0) is 19.9. The molecule has 2 amide bonds. The number of nitrogens with zero attached hydrogens (tertiary/aromatic N) is 3. The van der Waals surface area contributed by atoms with Gasteiger partial charge >= 0.3 is 0 Å². The summed E-state index contributed by atoms with van der Waals surface area (Å²) in [5, 5.41) is 17.5. The quantitative estimate of drug-likeness (QED) is 0.632. The molecule has 1 heterocycles. The van der Waals surface area contributed by atoms with E-state index < -0.39 is 5.91 Å². The molecule has 0 aliphatic carbocycles. The van der Waals surface area contributed by atoms with Gasteiger partial charge in [-0.3, -0.25) is 9.59 Å². The van der Waals surface area contributed by atoms with Crippen molar-refractivity contribution < 1.29 is 9.59 Å². The molecule has 8 heteroatoms. The molecule has 0 atom stereocenters. The van der Waals surface area contributed by atoms with E-state index in [2.05, 4.69) is 25.9 Å². The number of anilines is 4. The van der Waals surface area contributed by atoms with E-state index >= 15 is 0 Å². The molecule has 0 bridgehead atoms. The Morgan fingerprint density at radius 2 is 1.68 bits per heavy atom. The van der Waals surface area contributed by atoms with Crippen LogP contribution in [0.25, 0.3) is 0 Å². The van der Waals surface area contributed by atoms with Crippen molar-refractivity contribution >= 4 is 34.8 Å². The third-order valence-corrected chi connectivity index (χ3v) is 3.65. The highest BCUT2D eigenvalue weighted by atomic mass is 16.2. The lowest BCUT2D eigenvalue weighted by Gasteiger charge is -2.09. The maximum Gasteiger partial charge on any atom is 0.274 e. The molecule has 1 aromatic heterocycles. The zero-order valence-electron chi connectivity index (χ0n) is 14.9. The summed E-state index contributed by atoms with van der Waals surface area (Å²) in [6.45, 7) is 1.44. The first-order valence-corrected chi connectivity index (χ1v) is 8.33. The summed E-state index contributed by atoms with van der Waals surface area (Å²) in [4.78, 5) is 31.8. The molecule has 28 heavy (non-hydrogen) atoms. The summed E-state index contributed by atoms with van der Waals surface area (Å²) in [5.74, 6) is -0.358. The van der Waals surface area contributed by atoms with Crippen LogP contribution in [0.3, 0.4) is 0 Å². The average Bonchev–Trinajstić information content (AvgIpc) is 2.70. The number of carbonyl (C=O) groups is 2. The fraction of sp³-hybridized carbons (Fsp3) is 0.0500. The third-order valence-electron chi connectivity index (χ3n) is 3.65. The summed E-state index contributed by atoms with van der Waals surface area (Å²) in [6, 6.07) is 17.2. The minimum absolute atomic E-state index is 0.152. The van der Waals surface area contributed by atoms with Crippen molar-refractivity contribution in [3.8, 4) is 6.07 Å². The molecule has 0 saturated carbocycles. The van der Waals surface area contributed by atoms with E-state index in [0.29, 0.717) is 22.6 Å². The van der Waals surface area contributed by atoms with E-state index in [4.69, 9.17) is 5.26 Å². The van der Waals surface area contributed by atoms with Gasteiger partial charge in [0.05, 0.1) is 11.3 Å². The minimum Gasteiger partial charge on any atom is -0.326 e. The predicted octanol–water partition coefficient (Wildman–Crippen LogP) is 3.30. The van der Waals surface area contributed by atoms with Crippen molar-refractivity contribution in [3.05, 3.63) is 72.1 Å². The molecule has 0 aliphatic rings. The summed E-state index contributed by atoms with van der Waals surface area (Å²) in [6.07, 6.45) is 1.46. The van der Waals surface area contributed by atoms with E-state index in [0.717, 1.165) is 0 Å². The van der Waals surface area contributed by atoms with Crippen LogP contribution in [0.5, 0.6) is 0 Å². The number of rotatable bonds is 5. The number of nitrogens with one attached hydrogen (secondary N) is 3. The SMILES string of the molecule is CC(=O)Nc1ccc(Nc2nccc(C(=O)Nc3ccccc3C#N)n2)cc1. The fourth-order valence-electron chi connectivity index (χ4n) is 2.39. The zero-order valence-corrected chi connectivity index (χ0v) is 14.9. The maximum atomic E-state index is 12.5. The Kier molecular flexibility index (Phi) is 5.58. The predicted molar refractivity (Wildman–Crippen MR) is 105 cm³/mol. The van der Waals surface area contributed by atoms with Gasteiger partial charge in [0.25, 0.3) is 5.91 Å². The van der Waals surface area contributed by atoms with Crippen molar-refractivity contribution in [2.45, 2.75) is 6.92 Å².